The van der Waals surface area contributed by atoms with Gasteiger partial charge < -0.3 is 5.32 Å². The molecular formula is C14H21N3S2. The third-order valence-electron chi connectivity index (χ3n) is 3.33. The van der Waals surface area contributed by atoms with E-state index in [1.54, 1.807) is 22.7 Å². The van der Waals surface area contributed by atoms with E-state index >= 15 is 0 Å². The van der Waals surface area contributed by atoms with Gasteiger partial charge in [0.25, 0.3) is 0 Å². The van der Waals surface area contributed by atoms with Crippen molar-refractivity contribution in [3.63, 3.8) is 0 Å². The molecule has 2 rings (SSSR count). The summed E-state index contributed by atoms with van der Waals surface area (Å²) in [6.07, 6.45) is 1.03. The van der Waals surface area contributed by atoms with E-state index in [0.717, 1.165) is 24.4 Å². The number of rotatable bonds is 5. The Morgan fingerprint density at radius 1 is 1.21 bits per heavy atom. The summed E-state index contributed by atoms with van der Waals surface area (Å²) in [6.45, 7) is 11.6. The second-order valence-corrected chi connectivity index (χ2v) is 7.47. The van der Waals surface area contributed by atoms with Crippen LogP contribution in [0.25, 0.3) is 0 Å². The monoisotopic (exact) mass is 295 g/mol. The molecule has 0 aromatic carbocycles. The molecule has 0 amide bonds. The molecule has 0 fully saturated rings. The molecular weight excluding hydrogens is 274 g/mol. The van der Waals surface area contributed by atoms with Gasteiger partial charge in [0, 0.05) is 16.3 Å². The number of hydrogen-bond acceptors (Lipinski definition) is 5. The van der Waals surface area contributed by atoms with E-state index in [-0.39, 0.29) is 5.54 Å². The highest BCUT2D eigenvalue weighted by molar-refractivity contribution is 7.11. The minimum Gasteiger partial charge on any atom is -0.305 e. The Labute approximate surface area is 123 Å². The Kier molecular flexibility index (Phi) is 4.38. The van der Waals surface area contributed by atoms with Crippen LogP contribution in [0.1, 0.15) is 40.0 Å². The van der Waals surface area contributed by atoms with Gasteiger partial charge in [-0.2, -0.15) is 0 Å². The van der Waals surface area contributed by atoms with Gasteiger partial charge in [-0.3, -0.25) is 0 Å². The van der Waals surface area contributed by atoms with Gasteiger partial charge in [0.2, 0.25) is 0 Å². The van der Waals surface area contributed by atoms with Crippen LogP contribution in [0.2, 0.25) is 0 Å². The second-order valence-electron chi connectivity index (χ2n) is 5.32. The van der Waals surface area contributed by atoms with Crippen molar-refractivity contribution in [2.24, 2.45) is 0 Å². The zero-order chi connectivity index (χ0) is 14.0. The molecule has 3 nitrogen and oxygen atoms in total. The van der Waals surface area contributed by atoms with Crippen molar-refractivity contribution in [3.05, 3.63) is 31.7 Å². The normalized spacial score (nSPS) is 12.1. The second kappa shape index (κ2) is 5.69. The molecule has 0 saturated heterocycles. The maximum Gasteiger partial charge on any atom is 0.113 e. The summed E-state index contributed by atoms with van der Waals surface area (Å²) in [5, 5.41) is 4.78. The van der Waals surface area contributed by atoms with Crippen molar-refractivity contribution < 1.29 is 0 Å². The van der Waals surface area contributed by atoms with E-state index in [4.69, 9.17) is 0 Å². The third-order valence-corrected chi connectivity index (χ3v) is 5.72. The number of hydrogen-bond donors (Lipinski definition) is 1. The smallest absolute Gasteiger partial charge is 0.113 e. The first-order valence-corrected chi connectivity index (χ1v) is 8.18. The molecule has 0 aliphatic rings. The van der Waals surface area contributed by atoms with E-state index in [0.29, 0.717) is 0 Å². The lowest BCUT2D eigenvalue weighted by Crippen LogP contribution is -2.37. The molecule has 19 heavy (non-hydrogen) atoms. The number of aryl methyl sites for hydroxylation is 3. The lowest BCUT2D eigenvalue weighted by atomic mass is 10.1. The van der Waals surface area contributed by atoms with Gasteiger partial charge in [-0.15, -0.1) is 22.7 Å². The van der Waals surface area contributed by atoms with Crippen LogP contribution in [0, 0.1) is 20.8 Å². The minimum absolute atomic E-state index is 0.0672. The number of aromatic nitrogens is 2. The highest BCUT2D eigenvalue weighted by Gasteiger charge is 2.24. The summed E-state index contributed by atoms with van der Waals surface area (Å²) in [4.78, 5) is 11.6. The van der Waals surface area contributed by atoms with Crippen LogP contribution in [0.3, 0.4) is 0 Å². The molecule has 104 valence electrons. The van der Waals surface area contributed by atoms with Gasteiger partial charge in [-0.25, -0.2) is 9.97 Å². The van der Waals surface area contributed by atoms with Crippen molar-refractivity contribution in [1.82, 2.24) is 15.3 Å². The van der Waals surface area contributed by atoms with E-state index in [1.807, 2.05) is 5.51 Å². The summed E-state index contributed by atoms with van der Waals surface area (Å²) in [5.74, 6) is 0. The summed E-state index contributed by atoms with van der Waals surface area (Å²) in [7, 11) is 0. The molecule has 0 aliphatic carbocycles. The highest BCUT2D eigenvalue weighted by Crippen LogP contribution is 2.27. The fourth-order valence-electron chi connectivity index (χ4n) is 1.87. The average Bonchev–Trinajstić information content (AvgIpc) is 2.88. The van der Waals surface area contributed by atoms with Crippen molar-refractivity contribution in [1.29, 1.82) is 0 Å². The Morgan fingerprint density at radius 3 is 2.47 bits per heavy atom. The van der Waals surface area contributed by atoms with Gasteiger partial charge in [-0.1, -0.05) is 0 Å². The fraction of sp³-hybridized carbons (Fsp3) is 0.571. The molecule has 0 unspecified atom stereocenters. The number of nitrogens with one attached hydrogen (secondary N) is 1. The molecule has 1 N–H and O–H groups in total. The van der Waals surface area contributed by atoms with Crippen LogP contribution < -0.4 is 5.32 Å². The van der Waals surface area contributed by atoms with Crippen molar-refractivity contribution >= 4 is 22.7 Å². The maximum atomic E-state index is 4.66. The maximum absolute atomic E-state index is 4.66. The number of thiazole rings is 2. The third kappa shape index (κ3) is 3.41. The summed E-state index contributed by atoms with van der Waals surface area (Å²) >= 11 is 3.53. The Morgan fingerprint density at radius 2 is 1.95 bits per heavy atom. The lowest BCUT2D eigenvalue weighted by Gasteiger charge is -2.23. The Hall–Kier alpha value is -0.780. The van der Waals surface area contributed by atoms with Crippen LogP contribution in [-0.4, -0.2) is 16.5 Å². The van der Waals surface area contributed by atoms with Crippen LogP contribution in [0.5, 0.6) is 0 Å². The SMILES string of the molecule is Cc1nc(C(C)(C)NCCc2scnc2C)sc1C. The first-order valence-electron chi connectivity index (χ1n) is 6.48. The molecule has 0 atom stereocenters. The molecule has 5 heteroatoms. The zero-order valence-electron chi connectivity index (χ0n) is 12.2. The summed E-state index contributed by atoms with van der Waals surface area (Å²) in [5.41, 5.74) is 4.16. The van der Waals surface area contributed by atoms with Gasteiger partial charge in [-0.05, 0) is 41.0 Å². The van der Waals surface area contributed by atoms with E-state index in [9.17, 15) is 0 Å². The first kappa shape index (κ1) is 14.6. The van der Waals surface area contributed by atoms with Crippen molar-refractivity contribution in [3.8, 4) is 0 Å². The Bertz CT molecular complexity index is 535. The topological polar surface area (TPSA) is 37.8 Å². The predicted molar refractivity (Wildman–Crippen MR) is 83.2 cm³/mol. The Balaban J connectivity index is 1.96. The predicted octanol–water partition coefficient (Wildman–Crippen LogP) is 3.59. The molecule has 2 aromatic rings. The van der Waals surface area contributed by atoms with E-state index in [2.05, 4.69) is 49.9 Å². The fourth-order valence-corrected chi connectivity index (χ4v) is 3.64. The molecule has 0 aliphatic heterocycles. The lowest BCUT2D eigenvalue weighted by molar-refractivity contribution is 0.405. The largest absolute Gasteiger partial charge is 0.305 e. The quantitative estimate of drug-likeness (QED) is 0.916. The molecule has 0 bridgehead atoms. The summed E-state index contributed by atoms with van der Waals surface area (Å²) < 4.78 is 0. The van der Waals surface area contributed by atoms with Crippen LogP contribution in [0.15, 0.2) is 5.51 Å². The molecule has 0 spiro atoms. The molecule has 2 aromatic heterocycles. The highest BCUT2D eigenvalue weighted by atomic mass is 32.1. The number of nitrogens with zero attached hydrogens (tertiary/aromatic N) is 2. The molecule has 0 radical (unpaired) electrons. The van der Waals surface area contributed by atoms with Gasteiger partial charge >= 0.3 is 0 Å². The van der Waals surface area contributed by atoms with Crippen LogP contribution in [-0.2, 0) is 12.0 Å². The average molecular weight is 295 g/mol. The van der Waals surface area contributed by atoms with E-state index < -0.39 is 0 Å². The van der Waals surface area contributed by atoms with Crippen LogP contribution in [0.4, 0.5) is 0 Å². The first-order chi connectivity index (χ1) is 8.90. The molecule has 0 saturated carbocycles. The van der Waals surface area contributed by atoms with Gasteiger partial charge in [0.1, 0.15) is 5.01 Å². The minimum atomic E-state index is -0.0672. The molecule has 2 heterocycles. The van der Waals surface area contributed by atoms with Gasteiger partial charge in [0.05, 0.1) is 22.4 Å². The van der Waals surface area contributed by atoms with Crippen molar-refractivity contribution in [2.45, 2.75) is 46.6 Å². The van der Waals surface area contributed by atoms with Crippen molar-refractivity contribution in [2.75, 3.05) is 6.54 Å². The van der Waals surface area contributed by atoms with E-state index in [1.165, 1.54) is 14.8 Å². The van der Waals surface area contributed by atoms with Crippen LogP contribution >= 0.6 is 22.7 Å². The van der Waals surface area contributed by atoms with Gasteiger partial charge in [0.15, 0.2) is 0 Å². The summed E-state index contributed by atoms with van der Waals surface area (Å²) in [6, 6.07) is 0. The zero-order valence-corrected chi connectivity index (χ0v) is 13.8. The standard InChI is InChI=1S/C14H21N3S2/c1-9-11(3)19-13(17-9)14(4,5)16-7-6-12-10(2)15-8-18-12/h8,16H,6-7H2,1-5H3.